The highest BCUT2D eigenvalue weighted by atomic mass is 16.5. The minimum atomic E-state index is -0.128. The van der Waals surface area contributed by atoms with Gasteiger partial charge in [0.05, 0.1) is 13.7 Å². The summed E-state index contributed by atoms with van der Waals surface area (Å²) in [6, 6.07) is 7.49. The number of hydrogen-bond acceptors (Lipinski definition) is 4. The third-order valence-electron chi connectivity index (χ3n) is 3.24. The average molecular weight is 348 g/mol. The fourth-order valence-corrected chi connectivity index (χ4v) is 1.85. The van der Waals surface area contributed by atoms with Crippen LogP contribution in [0.25, 0.3) is 0 Å². The summed E-state index contributed by atoms with van der Waals surface area (Å²) >= 11 is 0. The molecular weight excluding hydrogens is 320 g/mol. The number of aliphatic imine (C=N–C) groups is 1. The molecule has 7 heteroatoms. The van der Waals surface area contributed by atoms with Gasteiger partial charge < -0.3 is 25.0 Å². The fourth-order valence-electron chi connectivity index (χ4n) is 1.85. The van der Waals surface area contributed by atoms with Gasteiger partial charge in [0.15, 0.2) is 17.5 Å². The van der Waals surface area contributed by atoms with Crippen molar-refractivity contribution in [2.24, 2.45) is 4.99 Å². The van der Waals surface area contributed by atoms with Crippen LogP contribution in [0.3, 0.4) is 0 Å². The van der Waals surface area contributed by atoms with Gasteiger partial charge >= 0.3 is 0 Å². The topological polar surface area (TPSA) is 75.2 Å². The highest BCUT2D eigenvalue weighted by molar-refractivity contribution is 5.84. The zero-order chi connectivity index (χ0) is 18.7. The van der Waals surface area contributed by atoms with Gasteiger partial charge in [0.1, 0.15) is 12.6 Å². The van der Waals surface area contributed by atoms with Gasteiger partial charge in [-0.15, -0.1) is 6.58 Å². The van der Waals surface area contributed by atoms with E-state index in [-0.39, 0.29) is 18.6 Å². The SMILES string of the molecule is C=CCNC(=NCC(=O)N(C)C)NCC(C)Oc1ccccc1OC. The molecule has 2 N–H and O–H groups in total. The zero-order valence-electron chi connectivity index (χ0n) is 15.4. The molecule has 0 fully saturated rings. The smallest absolute Gasteiger partial charge is 0.243 e. The van der Waals surface area contributed by atoms with E-state index in [1.807, 2.05) is 31.2 Å². The number of carbonyl (C=O) groups is 1. The summed E-state index contributed by atoms with van der Waals surface area (Å²) in [4.78, 5) is 17.4. The molecule has 0 aromatic heterocycles. The van der Waals surface area contributed by atoms with Gasteiger partial charge in [-0.25, -0.2) is 4.99 Å². The summed E-state index contributed by atoms with van der Waals surface area (Å²) in [6.07, 6.45) is 1.59. The van der Waals surface area contributed by atoms with Crippen LogP contribution in [0.5, 0.6) is 11.5 Å². The molecule has 0 spiro atoms. The van der Waals surface area contributed by atoms with Crippen molar-refractivity contribution in [1.29, 1.82) is 0 Å². The van der Waals surface area contributed by atoms with E-state index < -0.39 is 0 Å². The van der Waals surface area contributed by atoms with Crippen LogP contribution in [0.4, 0.5) is 0 Å². The van der Waals surface area contributed by atoms with Gasteiger partial charge in [0, 0.05) is 20.6 Å². The largest absolute Gasteiger partial charge is 0.493 e. The van der Waals surface area contributed by atoms with Crippen molar-refractivity contribution in [3.63, 3.8) is 0 Å². The fraction of sp³-hybridized carbons (Fsp3) is 0.444. The van der Waals surface area contributed by atoms with Gasteiger partial charge in [-0.1, -0.05) is 18.2 Å². The molecule has 25 heavy (non-hydrogen) atoms. The van der Waals surface area contributed by atoms with Crippen LogP contribution in [0.15, 0.2) is 41.9 Å². The molecule has 1 aromatic rings. The van der Waals surface area contributed by atoms with Gasteiger partial charge in [-0.3, -0.25) is 4.79 Å². The molecule has 1 atom stereocenters. The molecule has 1 aromatic carbocycles. The Morgan fingerprint density at radius 1 is 1.32 bits per heavy atom. The number of nitrogens with zero attached hydrogens (tertiary/aromatic N) is 2. The quantitative estimate of drug-likeness (QED) is 0.399. The molecule has 138 valence electrons. The number of hydrogen-bond donors (Lipinski definition) is 2. The van der Waals surface area contributed by atoms with Crippen LogP contribution in [0.1, 0.15) is 6.92 Å². The van der Waals surface area contributed by atoms with Crippen molar-refractivity contribution in [2.75, 3.05) is 40.8 Å². The molecule has 1 amide bonds. The van der Waals surface area contributed by atoms with Crippen molar-refractivity contribution in [1.82, 2.24) is 15.5 Å². The Bertz CT molecular complexity index is 587. The van der Waals surface area contributed by atoms with Crippen molar-refractivity contribution in [3.8, 4) is 11.5 Å². The van der Waals surface area contributed by atoms with Crippen molar-refractivity contribution < 1.29 is 14.3 Å². The first-order valence-corrected chi connectivity index (χ1v) is 8.10. The van der Waals surface area contributed by atoms with E-state index in [0.29, 0.717) is 30.5 Å². The van der Waals surface area contributed by atoms with Crippen molar-refractivity contribution in [2.45, 2.75) is 13.0 Å². The van der Waals surface area contributed by atoms with E-state index >= 15 is 0 Å². The molecule has 0 heterocycles. The van der Waals surface area contributed by atoms with Gasteiger partial charge in [-0.2, -0.15) is 0 Å². The minimum absolute atomic E-state index is 0.0707. The van der Waals surface area contributed by atoms with Crippen LogP contribution in [-0.2, 0) is 4.79 Å². The maximum absolute atomic E-state index is 11.7. The maximum atomic E-state index is 11.7. The summed E-state index contributed by atoms with van der Waals surface area (Å²) in [5.74, 6) is 1.83. The number of para-hydroxylation sites is 2. The normalized spacial score (nSPS) is 12.1. The predicted molar refractivity (Wildman–Crippen MR) is 100 cm³/mol. The van der Waals surface area contributed by atoms with Crippen LogP contribution in [0, 0.1) is 0 Å². The third kappa shape index (κ3) is 7.60. The first-order valence-electron chi connectivity index (χ1n) is 8.10. The van der Waals surface area contributed by atoms with Crippen LogP contribution < -0.4 is 20.1 Å². The zero-order valence-corrected chi connectivity index (χ0v) is 15.4. The number of likely N-dealkylation sites (N-methyl/N-ethyl adjacent to an activating group) is 1. The highest BCUT2D eigenvalue weighted by Crippen LogP contribution is 2.26. The Morgan fingerprint density at radius 3 is 2.60 bits per heavy atom. The van der Waals surface area contributed by atoms with E-state index in [1.165, 1.54) is 4.90 Å². The number of carbonyl (C=O) groups excluding carboxylic acids is 1. The monoisotopic (exact) mass is 348 g/mol. The molecule has 0 aliphatic carbocycles. The van der Waals surface area contributed by atoms with Gasteiger partial charge in [0.25, 0.3) is 0 Å². The second kappa shape index (κ2) is 11.0. The molecule has 1 rings (SSSR count). The van der Waals surface area contributed by atoms with Crippen LogP contribution >= 0.6 is 0 Å². The van der Waals surface area contributed by atoms with E-state index in [1.54, 1.807) is 27.3 Å². The minimum Gasteiger partial charge on any atom is -0.493 e. The molecule has 0 saturated heterocycles. The maximum Gasteiger partial charge on any atom is 0.243 e. The first-order chi connectivity index (χ1) is 12.0. The number of amides is 1. The van der Waals surface area contributed by atoms with Gasteiger partial charge in [0.2, 0.25) is 5.91 Å². The lowest BCUT2D eigenvalue weighted by molar-refractivity contribution is -0.127. The Labute approximate surface area is 149 Å². The number of benzene rings is 1. The molecular formula is C18H28N4O3. The summed E-state index contributed by atoms with van der Waals surface area (Å²) in [7, 11) is 5.01. The second-order valence-corrected chi connectivity index (χ2v) is 5.58. The lowest BCUT2D eigenvalue weighted by atomic mass is 10.3. The highest BCUT2D eigenvalue weighted by Gasteiger charge is 2.10. The Balaban J connectivity index is 2.60. The summed E-state index contributed by atoms with van der Waals surface area (Å²) in [5, 5.41) is 6.24. The molecule has 0 aliphatic rings. The van der Waals surface area contributed by atoms with Crippen molar-refractivity contribution >= 4 is 11.9 Å². The predicted octanol–water partition coefficient (Wildman–Crippen LogP) is 1.27. The number of ether oxygens (including phenoxy) is 2. The number of methoxy groups -OCH3 is 1. The molecule has 0 saturated carbocycles. The van der Waals surface area contributed by atoms with Crippen LogP contribution in [0.2, 0.25) is 0 Å². The summed E-state index contributed by atoms with van der Waals surface area (Å²) < 4.78 is 11.2. The number of rotatable bonds is 9. The lowest BCUT2D eigenvalue weighted by Gasteiger charge is -2.19. The average Bonchev–Trinajstić information content (AvgIpc) is 2.61. The second-order valence-electron chi connectivity index (χ2n) is 5.58. The molecule has 7 nitrogen and oxygen atoms in total. The number of nitrogens with one attached hydrogen (secondary N) is 2. The molecule has 0 bridgehead atoms. The Morgan fingerprint density at radius 2 is 2.00 bits per heavy atom. The summed E-state index contributed by atoms with van der Waals surface area (Å²) in [5.41, 5.74) is 0. The summed E-state index contributed by atoms with van der Waals surface area (Å²) in [6.45, 7) is 6.73. The van der Waals surface area contributed by atoms with E-state index in [0.717, 1.165) is 0 Å². The standard InChI is InChI=1S/C18H28N4O3/c1-6-11-19-18(21-13-17(23)22(3)4)20-12-14(2)25-16-10-8-7-9-15(16)24-5/h6-10,14H,1,11-13H2,2-5H3,(H2,19,20,21). The van der Waals surface area contributed by atoms with Crippen LogP contribution in [-0.4, -0.2) is 63.7 Å². The molecule has 1 unspecified atom stereocenters. The Kier molecular flexibility index (Phi) is 8.92. The molecule has 0 radical (unpaired) electrons. The lowest BCUT2D eigenvalue weighted by Crippen LogP contribution is -2.42. The van der Waals surface area contributed by atoms with Gasteiger partial charge in [-0.05, 0) is 19.1 Å². The molecule has 0 aliphatic heterocycles. The third-order valence-corrected chi connectivity index (χ3v) is 3.24. The van der Waals surface area contributed by atoms with E-state index in [2.05, 4.69) is 22.2 Å². The first kappa shape index (κ1) is 20.3. The Hall–Kier alpha value is -2.70. The number of guanidine groups is 1. The van der Waals surface area contributed by atoms with E-state index in [4.69, 9.17) is 9.47 Å². The van der Waals surface area contributed by atoms with Crippen molar-refractivity contribution in [3.05, 3.63) is 36.9 Å². The van der Waals surface area contributed by atoms with E-state index in [9.17, 15) is 4.79 Å².